The molecule has 0 unspecified atom stereocenters. The number of hydrogen-bond donors (Lipinski definition) is 0. The van der Waals surface area contributed by atoms with Gasteiger partial charge in [0.1, 0.15) is 0 Å². The van der Waals surface area contributed by atoms with Gasteiger partial charge in [0.15, 0.2) is 6.54 Å². The van der Waals surface area contributed by atoms with Gasteiger partial charge < -0.3 is 4.74 Å². The molecule has 2 rings (SSSR count). The first-order chi connectivity index (χ1) is 8.31. The molecule has 4 heteroatoms. The molecule has 90 valence electrons. The molecule has 1 saturated carbocycles. The fraction of sp³-hybridized carbons (Fsp3) is 0.462. The summed E-state index contributed by atoms with van der Waals surface area (Å²) in [5.41, 5.74) is 1.30. The predicted molar refractivity (Wildman–Crippen MR) is 63.9 cm³/mol. The lowest BCUT2D eigenvalue weighted by Crippen LogP contribution is -2.07. The lowest BCUT2D eigenvalue weighted by atomic mass is 10.1. The zero-order chi connectivity index (χ0) is 12.1. The summed E-state index contributed by atoms with van der Waals surface area (Å²) in [5, 5.41) is 8.02. The molecule has 4 nitrogen and oxygen atoms in total. The molecule has 2 atom stereocenters. The highest BCUT2D eigenvalue weighted by Gasteiger charge is 2.38. The van der Waals surface area contributed by atoms with E-state index in [9.17, 15) is 4.79 Å². The van der Waals surface area contributed by atoms with Crippen LogP contribution in [0.1, 0.15) is 24.8 Å². The number of nitrogens with zero attached hydrogens (tertiary/aromatic N) is 2. The summed E-state index contributed by atoms with van der Waals surface area (Å²) in [6.07, 6.45) is 1.02. The number of hydrogen-bond acceptors (Lipinski definition) is 4. The van der Waals surface area contributed by atoms with Crippen molar-refractivity contribution in [2.24, 2.45) is 10.2 Å². The topological polar surface area (TPSA) is 51.0 Å². The monoisotopic (exact) mass is 232 g/mol. The SMILES string of the molecule is CCOC(=O)CN=N[C@H]1C[C@@H]1c1ccccc1. The Morgan fingerprint density at radius 2 is 2.18 bits per heavy atom. The zero-order valence-electron chi connectivity index (χ0n) is 9.87. The molecular formula is C13H16N2O2. The molecule has 1 aromatic rings. The van der Waals surface area contributed by atoms with Crippen LogP contribution in [0, 0.1) is 0 Å². The van der Waals surface area contributed by atoms with Gasteiger partial charge in [-0.3, -0.25) is 0 Å². The molecule has 1 aromatic carbocycles. The number of esters is 1. The van der Waals surface area contributed by atoms with Gasteiger partial charge in [0.25, 0.3) is 0 Å². The Kier molecular flexibility index (Phi) is 3.85. The molecule has 0 spiro atoms. The summed E-state index contributed by atoms with van der Waals surface area (Å²) in [4.78, 5) is 11.0. The fourth-order valence-electron chi connectivity index (χ4n) is 1.78. The van der Waals surface area contributed by atoms with Gasteiger partial charge in [-0.25, -0.2) is 4.79 Å². The molecule has 0 aliphatic heterocycles. The molecule has 0 bridgehead atoms. The highest BCUT2D eigenvalue weighted by molar-refractivity contribution is 5.71. The van der Waals surface area contributed by atoms with Crippen LogP contribution in [0.25, 0.3) is 0 Å². The molecule has 0 saturated heterocycles. The first-order valence-corrected chi connectivity index (χ1v) is 5.88. The van der Waals surface area contributed by atoms with Gasteiger partial charge in [0.2, 0.25) is 0 Å². The van der Waals surface area contributed by atoms with Gasteiger partial charge in [0.05, 0.1) is 12.6 Å². The summed E-state index contributed by atoms with van der Waals surface area (Å²) in [6, 6.07) is 10.5. The zero-order valence-corrected chi connectivity index (χ0v) is 9.87. The van der Waals surface area contributed by atoms with Crippen molar-refractivity contribution >= 4 is 5.97 Å². The normalized spacial score (nSPS) is 22.6. The highest BCUT2D eigenvalue weighted by Crippen LogP contribution is 2.43. The van der Waals surface area contributed by atoms with E-state index in [1.165, 1.54) is 5.56 Å². The van der Waals surface area contributed by atoms with Gasteiger partial charge in [-0.1, -0.05) is 30.3 Å². The van der Waals surface area contributed by atoms with Crippen LogP contribution >= 0.6 is 0 Å². The molecule has 1 aliphatic rings. The van der Waals surface area contributed by atoms with Crippen LogP contribution in [0.3, 0.4) is 0 Å². The van der Waals surface area contributed by atoms with Crippen molar-refractivity contribution in [1.82, 2.24) is 0 Å². The second-order valence-corrected chi connectivity index (χ2v) is 4.04. The van der Waals surface area contributed by atoms with Gasteiger partial charge >= 0.3 is 5.97 Å². The Morgan fingerprint density at radius 1 is 1.41 bits per heavy atom. The maximum Gasteiger partial charge on any atom is 0.329 e. The molecule has 0 heterocycles. The second-order valence-electron chi connectivity index (χ2n) is 4.04. The van der Waals surface area contributed by atoms with E-state index in [1.807, 2.05) is 18.2 Å². The van der Waals surface area contributed by atoms with Crippen molar-refractivity contribution in [3.8, 4) is 0 Å². The Hall–Kier alpha value is -1.71. The highest BCUT2D eigenvalue weighted by atomic mass is 16.5. The molecule has 1 fully saturated rings. The minimum Gasteiger partial charge on any atom is -0.465 e. The largest absolute Gasteiger partial charge is 0.465 e. The Labute approximate surface area is 101 Å². The standard InChI is InChI=1S/C13H16N2O2/c1-2-17-13(16)9-14-15-12-8-11(12)10-6-4-3-5-7-10/h3-7,11-12H,2,8-9H2,1H3/t11-,12+/m1/s1. The molecule has 0 radical (unpaired) electrons. The number of ether oxygens (including phenoxy) is 1. The van der Waals surface area contributed by atoms with Crippen molar-refractivity contribution in [2.45, 2.75) is 25.3 Å². The van der Waals surface area contributed by atoms with Gasteiger partial charge in [-0.05, 0) is 18.9 Å². The van der Waals surface area contributed by atoms with E-state index in [1.54, 1.807) is 6.92 Å². The van der Waals surface area contributed by atoms with Gasteiger partial charge in [0, 0.05) is 5.92 Å². The average Bonchev–Trinajstić information content (AvgIpc) is 3.10. The van der Waals surface area contributed by atoms with Gasteiger partial charge in [-0.2, -0.15) is 10.2 Å². The van der Waals surface area contributed by atoms with Crippen LogP contribution in [-0.2, 0) is 9.53 Å². The minimum atomic E-state index is -0.312. The number of benzene rings is 1. The van der Waals surface area contributed by atoms with Crippen LogP contribution in [0.2, 0.25) is 0 Å². The van der Waals surface area contributed by atoms with E-state index in [2.05, 4.69) is 22.4 Å². The third-order valence-electron chi connectivity index (χ3n) is 2.72. The summed E-state index contributed by atoms with van der Waals surface area (Å²) < 4.78 is 4.76. The van der Waals surface area contributed by atoms with E-state index in [0.29, 0.717) is 12.5 Å². The summed E-state index contributed by atoms with van der Waals surface area (Å²) in [6.45, 7) is 2.21. The molecule has 17 heavy (non-hydrogen) atoms. The average molecular weight is 232 g/mol. The Balaban J connectivity index is 1.76. The molecule has 1 aliphatic carbocycles. The molecule has 0 N–H and O–H groups in total. The third-order valence-corrected chi connectivity index (χ3v) is 2.72. The first-order valence-electron chi connectivity index (χ1n) is 5.88. The Morgan fingerprint density at radius 3 is 2.88 bits per heavy atom. The van der Waals surface area contributed by atoms with Crippen molar-refractivity contribution in [1.29, 1.82) is 0 Å². The lowest BCUT2D eigenvalue weighted by Gasteiger charge is -1.97. The Bertz CT molecular complexity index is 403. The van der Waals surface area contributed by atoms with Crippen LogP contribution in [0.5, 0.6) is 0 Å². The predicted octanol–water partition coefficient (Wildman–Crippen LogP) is 2.56. The van der Waals surface area contributed by atoms with E-state index in [-0.39, 0.29) is 18.6 Å². The van der Waals surface area contributed by atoms with E-state index >= 15 is 0 Å². The van der Waals surface area contributed by atoms with Crippen LogP contribution in [0.4, 0.5) is 0 Å². The first kappa shape index (κ1) is 11.8. The number of carbonyl (C=O) groups excluding carboxylic acids is 1. The molecule has 0 aromatic heterocycles. The van der Waals surface area contributed by atoms with E-state index in [0.717, 1.165) is 6.42 Å². The molecule has 0 amide bonds. The quantitative estimate of drug-likeness (QED) is 0.578. The summed E-state index contributed by atoms with van der Waals surface area (Å²) >= 11 is 0. The van der Waals surface area contributed by atoms with Crippen molar-refractivity contribution in [3.63, 3.8) is 0 Å². The maximum atomic E-state index is 11.0. The molecular weight excluding hydrogens is 216 g/mol. The van der Waals surface area contributed by atoms with Crippen molar-refractivity contribution < 1.29 is 9.53 Å². The number of azo groups is 1. The second kappa shape index (κ2) is 5.57. The number of rotatable bonds is 5. The number of carbonyl (C=O) groups is 1. The van der Waals surface area contributed by atoms with E-state index in [4.69, 9.17) is 4.74 Å². The van der Waals surface area contributed by atoms with Gasteiger partial charge in [-0.15, -0.1) is 0 Å². The maximum absolute atomic E-state index is 11.0. The lowest BCUT2D eigenvalue weighted by molar-refractivity contribution is -0.141. The summed E-state index contributed by atoms with van der Waals surface area (Å²) in [7, 11) is 0. The smallest absolute Gasteiger partial charge is 0.329 e. The summed E-state index contributed by atoms with van der Waals surface area (Å²) in [5.74, 6) is 0.162. The third kappa shape index (κ3) is 3.37. The van der Waals surface area contributed by atoms with E-state index < -0.39 is 0 Å². The fourth-order valence-corrected chi connectivity index (χ4v) is 1.78. The minimum absolute atomic E-state index is 0.0336. The van der Waals surface area contributed by atoms with Crippen LogP contribution in [0.15, 0.2) is 40.6 Å². The van der Waals surface area contributed by atoms with Crippen molar-refractivity contribution in [2.75, 3.05) is 13.2 Å². The van der Waals surface area contributed by atoms with Crippen LogP contribution in [-0.4, -0.2) is 25.2 Å². The van der Waals surface area contributed by atoms with Crippen LogP contribution < -0.4 is 0 Å². The van der Waals surface area contributed by atoms with Crippen molar-refractivity contribution in [3.05, 3.63) is 35.9 Å².